The van der Waals surface area contributed by atoms with Gasteiger partial charge in [-0.05, 0) is 22.0 Å². The zero-order valence-corrected chi connectivity index (χ0v) is 7.27. The number of nitrogens with zero attached hydrogens (tertiary/aromatic N) is 1. The quantitative estimate of drug-likeness (QED) is 0.524. The van der Waals surface area contributed by atoms with Crippen LogP contribution in [0.3, 0.4) is 0 Å². The SMILES string of the molecule is SC[n+]1cccc(Br)c1. The molecule has 1 heterocycles. The molecule has 1 nitrogen and oxygen atoms in total. The predicted molar refractivity (Wildman–Crippen MR) is 43.3 cm³/mol. The lowest BCUT2D eigenvalue weighted by Crippen LogP contribution is -2.29. The normalized spacial score (nSPS) is 9.56. The fourth-order valence-electron chi connectivity index (χ4n) is 0.578. The van der Waals surface area contributed by atoms with Crippen molar-refractivity contribution in [3.63, 3.8) is 0 Å². The first-order chi connectivity index (χ1) is 4.33. The third kappa shape index (κ3) is 1.99. The van der Waals surface area contributed by atoms with E-state index in [-0.39, 0.29) is 0 Å². The van der Waals surface area contributed by atoms with Gasteiger partial charge in [-0.25, -0.2) is 0 Å². The van der Waals surface area contributed by atoms with Crippen LogP contribution in [0.5, 0.6) is 0 Å². The number of halogens is 1. The van der Waals surface area contributed by atoms with Crippen molar-refractivity contribution in [1.82, 2.24) is 0 Å². The Balaban J connectivity index is 2.94. The molecule has 0 saturated carbocycles. The largest absolute Gasteiger partial charge is 0.195 e. The number of thiol groups is 1. The lowest BCUT2D eigenvalue weighted by molar-refractivity contribution is -0.676. The molecular formula is C6H7BrNS+. The zero-order chi connectivity index (χ0) is 6.69. The van der Waals surface area contributed by atoms with Crippen molar-refractivity contribution in [3.05, 3.63) is 29.0 Å². The van der Waals surface area contributed by atoms with E-state index in [1.54, 1.807) is 0 Å². The summed E-state index contributed by atoms with van der Waals surface area (Å²) in [5, 5.41) is 0. The molecule has 1 aromatic heterocycles. The second-order valence-electron chi connectivity index (χ2n) is 1.68. The van der Waals surface area contributed by atoms with Crippen molar-refractivity contribution < 1.29 is 4.57 Å². The monoisotopic (exact) mass is 204 g/mol. The first-order valence-electron chi connectivity index (χ1n) is 2.58. The number of pyridine rings is 1. The van der Waals surface area contributed by atoms with E-state index in [0.29, 0.717) is 0 Å². The van der Waals surface area contributed by atoms with E-state index in [9.17, 15) is 0 Å². The van der Waals surface area contributed by atoms with Gasteiger partial charge in [0.15, 0.2) is 18.3 Å². The van der Waals surface area contributed by atoms with Gasteiger partial charge >= 0.3 is 0 Å². The molecule has 0 spiro atoms. The molecular weight excluding hydrogens is 198 g/mol. The zero-order valence-electron chi connectivity index (χ0n) is 4.79. The topological polar surface area (TPSA) is 3.88 Å². The minimum atomic E-state index is 0.722. The van der Waals surface area contributed by atoms with Gasteiger partial charge in [0.2, 0.25) is 0 Å². The lowest BCUT2D eigenvalue weighted by Gasteiger charge is -1.88. The summed E-state index contributed by atoms with van der Waals surface area (Å²) in [6, 6.07) is 3.96. The predicted octanol–water partition coefficient (Wildman–Crippen LogP) is 1.62. The summed E-state index contributed by atoms with van der Waals surface area (Å²) in [6.07, 6.45) is 3.95. The van der Waals surface area contributed by atoms with E-state index in [4.69, 9.17) is 0 Å². The van der Waals surface area contributed by atoms with Gasteiger partial charge in [-0.1, -0.05) is 0 Å². The van der Waals surface area contributed by atoms with Gasteiger partial charge in [-0.15, -0.1) is 12.6 Å². The molecule has 0 aliphatic rings. The van der Waals surface area contributed by atoms with Crippen molar-refractivity contribution in [3.8, 4) is 0 Å². The highest BCUT2D eigenvalue weighted by atomic mass is 79.9. The number of hydrogen-bond acceptors (Lipinski definition) is 1. The number of hydrogen-bond donors (Lipinski definition) is 1. The van der Waals surface area contributed by atoms with Crippen LogP contribution in [-0.4, -0.2) is 0 Å². The van der Waals surface area contributed by atoms with E-state index in [0.717, 1.165) is 10.3 Å². The summed E-state index contributed by atoms with van der Waals surface area (Å²) in [6.45, 7) is 0. The number of rotatable bonds is 1. The second-order valence-corrected chi connectivity index (χ2v) is 2.88. The van der Waals surface area contributed by atoms with Gasteiger partial charge in [0.25, 0.3) is 0 Å². The van der Waals surface area contributed by atoms with E-state index in [1.807, 2.05) is 29.1 Å². The molecule has 0 atom stereocenters. The van der Waals surface area contributed by atoms with Gasteiger partial charge in [0, 0.05) is 6.07 Å². The third-order valence-corrected chi connectivity index (χ3v) is 1.78. The molecule has 0 bridgehead atoms. The fraction of sp³-hybridized carbons (Fsp3) is 0.167. The molecule has 3 heteroatoms. The minimum Gasteiger partial charge on any atom is -0.195 e. The molecule has 1 aromatic rings. The summed E-state index contributed by atoms with van der Waals surface area (Å²) in [7, 11) is 0. The molecule has 9 heavy (non-hydrogen) atoms. The summed E-state index contributed by atoms with van der Waals surface area (Å²) in [5.41, 5.74) is 0. The molecule has 0 aromatic carbocycles. The number of aromatic nitrogens is 1. The lowest BCUT2D eigenvalue weighted by atomic mass is 10.5. The highest BCUT2D eigenvalue weighted by molar-refractivity contribution is 9.10. The standard InChI is InChI=1S/C6H6BrNS/c7-6-2-1-3-8(4-6)5-9/h1-4H,5H2/p+1. The van der Waals surface area contributed by atoms with Gasteiger partial charge in [0.1, 0.15) is 0 Å². The van der Waals surface area contributed by atoms with Crippen LogP contribution in [0.15, 0.2) is 29.0 Å². The summed E-state index contributed by atoms with van der Waals surface area (Å²) < 4.78 is 3.06. The Morgan fingerprint density at radius 3 is 2.89 bits per heavy atom. The maximum Gasteiger partial charge on any atom is 0.191 e. The second kappa shape index (κ2) is 3.22. The van der Waals surface area contributed by atoms with E-state index in [1.165, 1.54) is 0 Å². The summed E-state index contributed by atoms with van der Waals surface area (Å²) in [5.74, 6) is 0.722. The summed E-state index contributed by atoms with van der Waals surface area (Å²) >= 11 is 7.45. The van der Waals surface area contributed by atoms with Crippen molar-refractivity contribution in [2.24, 2.45) is 0 Å². The van der Waals surface area contributed by atoms with Gasteiger partial charge < -0.3 is 0 Å². The minimum absolute atomic E-state index is 0.722. The molecule has 0 aliphatic heterocycles. The van der Waals surface area contributed by atoms with Crippen LogP contribution in [0.25, 0.3) is 0 Å². The van der Waals surface area contributed by atoms with Crippen molar-refractivity contribution in [1.29, 1.82) is 0 Å². The van der Waals surface area contributed by atoms with Crippen LogP contribution < -0.4 is 4.57 Å². The van der Waals surface area contributed by atoms with Gasteiger partial charge in [-0.3, -0.25) is 0 Å². The van der Waals surface area contributed by atoms with E-state index < -0.39 is 0 Å². The van der Waals surface area contributed by atoms with E-state index in [2.05, 4.69) is 28.6 Å². The molecule has 0 saturated heterocycles. The smallest absolute Gasteiger partial charge is 0.191 e. The van der Waals surface area contributed by atoms with Gasteiger partial charge in [-0.2, -0.15) is 4.57 Å². The molecule has 0 N–H and O–H groups in total. The first-order valence-corrected chi connectivity index (χ1v) is 4.01. The Morgan fingerprint density at radius 2 is 2.44 bits per heavy atom. The van der Waals surface area contributed by atoms with Crippen molar-refractivity contribution in [2.45, 2.75) is 5.88 Å². The fourth-order valence-corrected chi connectivity index (χ4v) is 1.17. The average molecular weight is 205 g/mol. The van der Waals surface area contributed by atoms with Crippen molar-refractivity contribution in [2.75, 3.05) is 0 Å². The van der Waals surface area contributed by atoms with E-state index >= 15 is 0 Å². The molecule has 48 valence electrons. The highest BCUT2D eigenvalue weighted by Gasteiger charge is 1.94. The average Bonchev–Trinajstić information content (AvgIpc) is 1.88. The maximum atomic E-state index is 4.10. The Bertz CT molecular complexity index is 202. The van der Waals surface area contributed by atoms with Crippen molar-refractivity contribution >= 4 is 28.6 Å². The Morgan fingerprint density at radius 1 is 1.67 bits per heavy atom. The Labute approximate surface area is 68.2 Å². The van der Waals surface area contributed by atoms with Crippen LogP contribution in [0.2, 0.25) is 0 Å². The molecule has 0 aliphatic carbocycles. The van der Waals surface area contributed by atoms with Crippen LogP contribution in [0, 0.1) is 0 Å². The molecule has 0 unspecified atom stereocenters. The molecule has 0 radical (unpaired) electrons. The van der Waals surface area contributed by atoms with Crippen LogP contribution in [0.4, 0.5) is 0 Å². The van der Waals surface area contributed by atoms with Crippen LogP contribution in [0.1, 0.15) is 0 Å². The Hall–Kier alpha value is -0.0200. The maximum absolute atomic E-state index is 4.10. The molecule has 1 rings (SSSR count). The summed E-state index contributed by atoms with van der Waals surface area (Å²) in [4.78, 5) is 0. The van der Waals surface area contributed by atoms with Crippen LogP contribution in [-0.2, 0) is 5.88 Å². The Kier molecular flexibility index (Phi) is 2.54. The molecule has 0 fully saturated rings. The first kappa shape index (κ1) is 7.09. The third-order valence-electron chi connectivity index (χ3n) is 0.985. The van der Waals surface area contributed by atoms with Crippen LogP contribution >= 0.6 is 28.6 Å². The highest BCUT2D eigenvalue weighted by Crippen LogP contribution is 2.02. The molecule has 0 amide bonds. The van der Waals surface area contributed by atoms with Gasteiger partial charge in [0.05, 0.1) is 4.47 Å².